The first kappa shape index (κ1) is 11.9. The van der Waals surface area contributed by atoms with Gasteiger partial charge in [-0.2, -0.15) is 0 Å². The molecule has 1 aliphatic heterocycles. The van der Waals surface area contributed by atoms with E-state index in [1.165, 1.54) is 25.7 Å². The average molecular weight is 247 g/mol. The second-order valence-corrected chi connectivity index (χ2v) is 5.51. The van der Waals surface area contributed by atoms with Crippen LogP contribution in [0.25, 0.3) is 0 Å². The van der Waals surface area contributed by atoms with Crippen LogP contribution >= 0.6 is 0 Å². The molecule has 2 fully saturated rings. The summed E-state index contributed by atoms with van der Waals surface area (Å²) in [5.74, 6) is 1.50. The van der Waals surface area contributed by atoms with Crippen molar-refractivity contribution in [3.05, 3.63) is 18.2 Å². The van der Waals surface area contributed by atoms with Crippen molar-refractivity contribution in [2.24, 2.45) is 5.92 Å². The van der Waals surface area contributed by atoms with Gasteiger partial charge >= 0.3 is 0 Å². The molecule has 0 spiro atoms. The van der Waals surface area contributed by atoms with E-state index in [9.17, 15) is 4.79 Å². The molecule has 1 saturated carbocycles. The number of carbonyl (C=O) groups is 1. The minimum absolute atomic E-state index is 0.00852. The first-order valence-electron chi connectivity index (χ1n) is 7.11. The van der Waals surface area contributed by atoms with E-state index in [0.29, 0.717) is 17.8 Å². The summed E-state index contributed by atoms with van der Waals surface area (Å²) in [6, 6.07) is 0.559. The highest BCUT2D eigenvalue weighted by molar-refractivity contribution is 5.97. The van der Waals surface area contributed by atoms with Crippen LogP contribution in [-0.4, -0.2) is 27.4 Å². The van der Waals surface area contributed by atoms with E-state index in [1.54, 1.807) is 6.20 Å². The lowest BCUT2D eigenvalue weighted by atomic mass is 9.85. The van der Waals surface area contributed by atoms with Gasteiger partial charge in [-0.05, 0) is 32.1 Å². The van der Waals surface area contributed by atoms with Gasteiger partial charge in [0.15, 0.2) is 5.82 Å². The van der Waals surface area contributed by atoms with Crippen LogP contribution in [0.4, 0.5) is 0 Å². The molecule has 1 saturated heterocycles. The molecule has 1 aromatic rings. The van der Waals surface area contributed by atoms with Gasteiger partial charge in [0.1, 0.15) is 0 Å². The van der Waals surface area contributed by atoms with Gasteiger partial charge in [0.25, 0.3) is 0 Å². The minimum atomic E-state index is -0.00852. The predicted molar refractivity (Wildman–Crippen MR) is 69.5 cm³/mol. The second kappa shape index (κ2) is 4.84. The molecule has 2 heterocycles. The first-order chi connectivity index (χ1) is 8.79. The number of Topliss-reactive ketones (excluding diaryl/α,β-unsaturated/α-hetero) is 1. The molecule has 2 aliphatic rings. The molecule has 1 aliphatic carbocycles. The van der Waals surface area contributed by atoms with Crippen molar-refractivity contribution in [2.75, 3.05) is 0 Å². The number of aromatic nitrogens is 2. The van der Waals surface area contributed by atoms with E-state index in [-0.39, 0.29) is 11.8 Å². The van der Waals surface area contributed by atoms with Crippen LogP contribution in [0.1, 0.15) is 49.6 Å². The van der Waals surface area contributed by atoms with E-state index in [2.05, 4.69) is 10.3 Å². The number of hydrogen-bond donors (Lipinski definition) is 1. The largest absolute Gasteiger partial charge is 0.329 e. The van der Waals surface area contributed by atoms with Crippen LogP contribution in [0.3, 0.4) is 0 Å². The number of carbonyl (C=O) groups excluding carboxylic acids is 1. The smallest absolute Gasteiger partial charge is 0.215 e. The van der Waals surface area contributed by atoms with Crippen molar-refractivity contribution >= 4 is 5.78 Å². The third-order valence-electron chi connectivity index (χ3n) is 4.46. The van der Waals surface area contributed by atoms with Gasteiger partial charge in [-0.25, -0.2) is 4.98 Å². The van der Waals surface area contributed by atoms with Gasteiger partial charge < -0.3 is 9.88 Å². The van der Waals surface area contributed by atoms with Crippen LogP contribution in [0, 0.1) is 5.92 Å². The van der Waals surface area contributed by atoms with Gasteiger partial charge in [0.05, 0.1) is 6.04 Å². The standard InChI is InChI=1S/C14H21N3O/c1-2-17-8-7-15-14(17)13(18)12-9-10-5-3-4-6-11(10)16-12/h7-8,10-12,16H,2-6,9H2,1H3. The Hall–Kier alpha value is -1.16. The highest BCUT2D eigenvalue weighted by atomic mass is 16.1. The lowest BCUT2D eigenvalue weighted by Gasteiger charge is -2.24. The Labute approximate surface area is 108 Å². The number of rotatable bonds is 3. The summed E-state index contributed by atoms with van der Waals surface area (Å²) >= 11 is 0. The Kier molecular flexibility index (Phi) is 3.20. The van der Waals surface area contributed by atoms with Crippen molar-refractivity contribution in [2.45, 2.75) is 57.7 Å². The minimum Gasteiger partial charge on any atom is -0.329 e. The van der Waals surface area contributed by atoms with Crippen LogP contribution in [-0.2, 0) is 6.54 Å². The average Bonchev–Trinajstić information content (AvgIpc) is 3.03. The maximum atomic E-state index is 12.5. The Bertz CT molecular complexity index is 426. The number of nitrogens with one attached hydrogen (secondary N) is 1. The summed E-state index contributed by atoms with van der Waals surface area (Å²) in [5, 5.41) is 3.53. The summed E-state index contributed by atoms with van der Waals surface area (Å²) in [4.78, 5) is 16.7. The SMILES string of the molecule is CCn1ccnc1C(=O)C1CC2CCCCC2N1. The molecule has 18 heavy (non-hydrogen) atoms. The van der Waals surface area contributed by atoms with E-state index in [4.69, 9.17) is 0 Å². The summed E-state index contributed by atoms with van der Waals surface area (Å²) < 4.78 is 1.94. The molecule has 4 heteroatoms. The molecule has 1 aromatic heterocycles. The zero-order chi connectivity index (χ0) is 12.5. The summed E-state index contributed by atoms with van der Waals surface area (Å²) in [7, 11) is 0. The quantitative estimate of drug-likeness (QED) is 0.831. The molecule has 0 amide bonds. The number of hydrogen-bond acceptors (Lipinski definition) is 3. The van der Waals surface area contributed by atoms with Crippen molar-refractivity contribution in [1.82, 2.24) is 14.9 Å². The topological polar surface area (TPSA) is 46.9 Å². The molecule has 3 rings (SSSR count). The second-order valence-electron chi connectivity index (χ2n) is 5.51. The lowest BCUT2D eigenvalue weighted by molar-refractivity contribution is 0.0934. The molecule has 3 unspecified atom stereocenters. The van der Waals surface area contributed by atoms with Gasteiger partial charge in [0.2, 0.25) is 5.78 Å². The summed E-state index contributed by atoms with van der Waals surface area (Å²) in [6.45, 7) is 2.85. The Balaban J connectivity index is 1.74. The molecule has 3 atom stereocenters. The van der Waals surface area contributed by atoms with Crippen molar-refractivity contribution in [1.29, 1.82) is 0 Å². The van der Waals surface area contributed by atoms with Gasteiger partial charge in [-0.1, -0.05) is 12.8 Å². The number of imidazole rings is 1. The van der Waals surface area contributed by atoms with Crippen molar-refractivity contribution in [3.63, 3.8) is 0 Å². The number of fused-ring (bicyclic) bond motifs is 1. The van der Waals surface area contributed by atoms with Crippen molar-refractivity contribution in [3.8, 4) is 0 Å². The Morgan fingerprint density at radius 2 is 2.33 bits per heavy atom. The zero-order valence-electron chi connectivity index (χ0n) is 10.9. The summed E-state index contributed by atoms with van der Waals surface area (Å²) in [6.07, 6.45) is 9.75. The van der Waals surface area contributed by atoms with Gasteiger partial charge in [0, 0.05) is 25.0 Å². The number of aryl methyl sites for hydroxylation is 1. The monoisotopic (exact) mass is 247 g/mol. The maximum Gasteiger partial charge on any atom is 0.215 e. The van der Waals surface area contributed by atoms with Crippen molar-refractivity contribution < 1.29 is 4.79 Å². The lowest BCUT2D eigenvalue weighted by Crippen LogP contribution is -2.38. The molecule has 98 valence electrons. The highest BCUT2D eigenvalue weighted by Gasteiger charge is 2.39. The predicted octanol–water partition coefficient (Wildman–Crippen LogP) is 2.01. The molecular formula is C14H21N3O. The van der Waals surface area contributed by atoms with Crippen LogP contribution < -0.4 is 5.32 Å². The highest BCUT2D eigenvalue weighted by Crippen LogP contribution is 2.33. The van der Waals surface area contributed by atoms with E-state index < -0.39 is 0 Å². The van der Waals surface area contributed by atoms with Gasteiger partial charge in [-0.3, -0.25) is 4.79 Å². The third kappa shape index (κ3) is 1.99. The van der Waals surface area contributed by atoms with Crippen LogP contribution in [0.15, 0.2) is 12.4 Å². The molecule has 1 N–H and O–H groups in total. The molecule has 0 aromatic carbocycles. The molecule has 0 bridgehead atoms. The Morgan fingerprint density at radius 3 is 3.11 bits per heavy atom. The molecule has 0 radical (unpaired) electrons. The number of ketones is 1. The third-order valence-corrected chi connectivity index (χ3v) is 4.46. The van der Waals surface area contributed by atoms with Crippen LogP contribution in [0.5, 0.6) is 0 Å². The van der Waals surface area contributed by atoms with Gasteiger partial charge in [-0.15, -0.1) is 0 Å². The normalized spacial score (nSPS) is 31.3. The fourth-order valence-corrected chi connectivity index (χ4v) is 3.47. The zero-order valence-corrected chi connectivity index (χ0v) is 10.9. The number of nitrogens with zero attached hydrogens (tertiary/aromatic N) is 2. The van der Waals surface area contributed by atoms with E-state index in [0.717, 1.165) is 13.0 Å². The fourth-order valence-electron chi connectivity index (χ4n) is 3.47. The van der Waals surface area contributed by atoms with Crippen LogP contribution in [0.2, 0.25) is 0 Å². The maximum absolute atomic E-state index is 12.5. The molecular weight excluding hydrogens is 226 g/mol. The van der Waals surface area contributed by atoms with E-state index in [1.807, 2.05) is 17.7 Å². The van der Waals surface area contributed by atoms with E-state index >= 15 is 0 Å². The summed E-state index contributed by atoms with van der Waals surface area (Å²) in [5.41, 5.74) is 0. The fraction of sp³-hybridized carbons (Fsp3) is 0.714. The first-order valence-corrected chi connectivity index (χ1v) is 7.11. The Morgan fingerprint density at radius 1 is 1.50 bits per heavy atom. The molecule has 4 nitrogen and oxygen atoms in total.